The van der Waals surface area contributed by atoms with Crippen molar-refractivity contribution in [2.75, 3.05) is 26.1 Å². The summed E-state index contributed by atoms with van der Waals surface area (Å²) in [5.41, 5.74) is 6.91. The van der Waals surface area contributed by atoms with Crippen LogP contribution in [0.5, 0.6) is 5.75 Å². The second-order valence-corrected chi connectivity index (χ2v) is 13.4. The van der Waals surface area contributed by atoms with Gasteiger partial charge in [-0.2, -0.15) is 0 Å². The Balaban J connectivity index is 2.17. The van der Waals surface area contributed by atoms with E-state index in [1.165, 1.54) is 17.5 Å². The molecule has 0 fully saturated rings. The third-order valence-corrected chi connectivity index (χ3v) is 6.86. The van der Waals surface area contributed by atoms with Gasteiger partial charge in [0.2, 0.25) is 0 Å². The highest BCUT2D eigenvalue weighted by Gasteiger charge is 2.24. The number of methoxy groups -OCH3 is 1. The summed E-state index contributed by atoms with van der Waals surface area (Å²) in [6.45, 7) is 6.43. The maximum atomic E-state index is 13.1. The minimum Gasteiger partial charge on any atom is -0.497 e. The van der Waals surface area contributed by atoms with Crippen LogP contribution in [-0.2, 0) is 14.3 Å². The number of nitrogens with one attached hydrogen (secondary N) is 2. The lowest BCUT2D eigenvalue weighted by Crippen LogP contribution is -2.39. The summed E-state index contributed by atoms with van der Waals surface area (Å²) >= 11 is 0. The first-order chi connectivity index (χ1) is 15.6. The lowest BCUT2D eigenvalue weighted by molar-refractivity contribution is -0.129. The molecule has 0 saturated heterocycles. The number of amides is 2. The third-order valence-electron chi connectivity index (χ3n) is 4.79. The van der Waals surface area contributed by atoms with E-state index < -0.39 is 20.0 Å². The molecule has 176 valence electrons. The van der Waals surface area contributed by atoms with Gasteiger partial charge in [-0.15, -0.1) is 0 Å². The minimum atomic E-state index is -1.45. The molecule has 2 aromatic rings. The monoisotopic (exact) mass is 468 g/mol. The Kier molecular flexibility index (Phi) is 9.23. The van der Waals surface area contributed by atoms with Gasteiger partial charge in [0.15, 0.2) is 12.5 Å². The number of hydrogen-bond donors (Lipinski definition) is 3. The van der Waals surface area contributed by atoms with Crippen molar-refractivity contribution < 1.29 is 19.1 Å². The normalized spacial score (nSPS) is 12.8. The molecule has 0 heterocycles. The van der Waals surface area contributed by atoms with Gasteiger partial charge in [0.05, 0.1) is 15.2 Å². The van der Waals surface area contributed by atoms with E-state index in [9.17, 15) is 9.59 Å². The zero-order valence-corrected chi connectivity index (χ0v) is 20.7. The van der Waals surface area contributed by atoms with Crippen LogP contribution in [0.1, 0.15) is 11.6 Å². The maximum Gasteiger partial charge on any atom is 0.258 e. The molecule has 9 heteroatoms. The molecule has 1 atom stereocenters. The van der Waals surface area contributed by atoms with Crippen LogP contribution in [-0.4, -0.2) is 46.9 Å². The van der Waals surface area contributed by atoms with Crippen molar-refractivity contribution in [3.8, 4) is 5.75 Å². The largest absolute Gasteiger partial charge is 0.497 e. The maximum absolute atomic E-state index is 13.1. The Morgan fingerprint density at radius 3 is 2.27 bits per heavy atom. The SMILES string of the molecule is CN=CC=C(N)OCC(=O)NC(C(=O)Nc1ccc([Si](C)(C)C)cc1)c1ccc(OC)cc1. The molecule has 2 aromatic carbocycles. The summed E-state index contributed by atoms with van der Waals surface area (Å²) in [5, 5.41) is 6.88. The van der Waals surface area contributed by atoms with E-state index in [0.717, 1.165) is 0 Å². The van der Waals surface area contributed by atoms with Gasteiger partial charge in [-0.3, -0.25) is 14.6 Å². The molecule has 0 spiro atoms. The molecule has 0 radical (unpaired) electrons. The summed E-state index contributed by atoms with van der Waals surface area (Å²) in [5.74, 6) is -0.186. The van der Waals surface area contributed by atoms with Crippen LogP contribution >= 0.6 is 0 Å². The number of nitrogens with zero attached hydrogens (tertiary/aromatic N) is 1. The van der Waals surface area contributed by atoms with Crippen molar-refractivity contribution in [3.05, 3.63) is 66.1 Å². The highest BCUT2D eigenvalue weighted by atomic mass is 28.3. The smallest absolute Gasteiger partial charge is 0.258 e. The van der Waals surface area contributed by atoms with E-state index in [2.05, 4.69) is 35.3 Å². The fourth-order valence-corrected chi connectivity index (χ4v) is 4.08. The van der Waals surface area contributed by atoms with Gasteiger partial charge in [-0.1, -0.05) is 49.1 Å². The van der Waals surface area contributed by atoms with Crippen molar-refractivity contribution >= 4 is 37.0 Å². The number of anilines is 1. The second-order valence-electron chi connectivity index (χ2n) is 8.36. The first kappa shape index (κ1) is 25.7. The summed E-state index contributed by atoms with van der Waals surface area (Å²) in [7, 11) is 1.70. The third kappa shape index (κ3) is 8.11. The van der Waals surface area contributed by atoms with Crippen molar-refractivity contribution in [2.45, 2.75) is 25.7 Å². The molecule has 0 aromatic heterocycles. The summed E-state index contributed by atoms with van der Waals surface area (Å²) in [4.78, 5) is 29.4. The van der Waals surface area contributed by atoms with Crippen molar-refractivity contribution in [2.24, 2.45) is 10.7 Å². The van der Waals surface area contributed by atoms with Gasteiger partial charge in [-0.25, -0.2) is 0 Å². The summed E-state index contributed by atoms with van der Waals surface area (Å²) in [6, 6.07) is 13.8. The highest BCUT2D eigenvalue weighted by Crippen LogP contribution is 2.20. The fraction of sp³-hybridized carbons (Fsp3) is 0.292. The van der Waals surface area contributed by atoms with Gasteiger partial charge in [0, 0.05) is 25.0 Å². The van der Waals surface area contributed by atoms with Gasteiger partial charge < -0.3 is 25.8 Å². The number of rotatable bonds is 10. The van der Waals surface area contributed by atoms with Crippen LogP contribution in [0, 0.1) is 0 Å². The first-order valence-corrected chi connectivity index (χ1v) is 14.0. The number of ether oxygens (including phenoxy) is 2. The predicted molar refractivity (Wildman–Crippen MR) is 135 cm³/mol. The van der Waals surface area contributed by atoms with E-state index in [0.29, 0.717) is 17.0 Å². The lowest BCUT2D eigenvalue weighted by Gasteiger charge is -2.20. The molecule has 0 saturated carbocycles. The quantitative estimate of drug-likeness (QED) is 0.282. The number of allylic oxidation sites excluding steroid dienone is 1. The highest BCUT2D eigenvalue weighted by molar-refractivity contribution is 6.88. The molecule has 2 rings (SSSR count). The Hall–Kier alpha value is -3.59. The van der Waals surface area contributed by atoms with E-state index in [-0.39, 0.29) is 18.4 Å². The topological polar surface area (TPSA) is 115 Å². The number of hydrogen-bond acceptors (Lipinski definition) is 6. The van der Waals surface area contributed by atoms with Crippen LogP contribution in [0.2, 0.25) is 19.6 Å². The Morgan fingerprint density at radius 1 is 1.09 bits per heavy atom. The van der Waals surface area contributed by atoms with Crippen LogP contribution in [0.4, 0.5) is 5.69 Å². The molecule has 2 amide bonds. The number of nitrogens with two attached hydrogens (primary N) is 1. The minimum absolute atomic E-state index is 0.0451. The van der Waals surface area contributed by atoms with Gasteiger partial charge in [0.1, 0.15) is 11.8 Å². The van der Waals surface area contributed by atoms with Crippen molar-refractivity contribution in [1.29, 1.82) is 0 Å². The van der Waals surface area contributed by atoms with Gasteiger partial charge in [0.25, 0.3) is 11.8 Å². The fourth-order valence-electron chi connectivity index (χ4n) is 2.91. The summed E-state index contributed by atoms with van der Waals surface area (Å²) < 4.78 is 10.4. The van der Waals surface area contributed by atoms with E-state index in [1.807, 2.05) is 24.3 Å². The zero-order chi connectivity index (χ0) is 24.4. The molecule has 4 N–H and O–H groups in total. The van der Waals surface area contributed by atoms with Gasteiger partial charge in [-0.05, 0) is 29.8 Å². The van der Waals surface area contributed by atoms with Crippen molar-refractivity contribution in [1.82, 2.24) is 5.32 Å². The molecule has 8 nitrogen and oxygen atoms in total. The van der Waals surface area contributed by atoms with E-state index in [1.54, 1.807) is 38.4 Å². The molecular formula is C24H32N4O4Si. The van der Waals surface area contributed by atoms with Gasteiger partial charge >= 0.3 is 0 Å². The lowest BCUT2D eigenvalue weighted by atomic mass is 10.1. The zero-order valence-electron chi connectivity index (χ0n) is 19.7. The Labute approximate surface area is 195 Å². The molecule has 0 aliphatic rings. The van der Waals surface area contributed by atoms with Crippen molar-refractivity contribution in [3.63, 3.8) is 0 Å². The number of aliphatic imine (C=N–C) groups is 1. The van der Waals surface area contributed by atoms with Crippen LogP contribution in [0.25, 0.3) is 0 Å². The molecule has 0 aliphatic heterocycles. The number of carbonyl (C=O) groups is 2. The standard InChI is InChI=1S/C24H32N4O4Si/c1-26-15-14-21(25)32-16-22(29)28-23(17-6-10-19(31-2)11-7-17)24(30)27-18-8-12-20(13-9-18)33(3,4)5/h6-15,23H,16,25H2,1-5H3,(H,27,30)(H,28,29). The van der Waals surface area contributed by atoms with Crippen LogP contribution in [0.3, 0.4) is 0 Å². The van der Waals surface area contributed by atoms with Crippen LogP contribution in [0.15, 0.2) is 65.5 Å². The number of benzene rings is 2. The van der Waals surface area contributed by atoms with Crippen LogP contribution < -0.4 is 26.3 Å². The Morgan fingerprint density at radius 2 is 1.73 bits per heavy atom. The average molecular weight is 469 g/mol. The molecule has 33 heavy (non-hydrogen) atoms. The second kappa shape index (κ2) is 11.9. The predicted octanol–water partition coefficient (Wildman–Crippen LogP) is 2.55. The van der Waals surface area contributed by atoms with E-state index in [4.69, 9.17) is 15.2 Å². The van der Waals surface area contributed by atoms with E-state index >= 15 is 0 Å². The molecule has 0 bridgehead atoms. The Bertz CT molecular complexity index is 997. The average Bonchev–Trinajstić information content (AvgIpc) is 2.79. The number of carbonyl (C=O) groups excluding carboxylic acids is 2. The molecule has 1 unspecified atom stereocenters. The summed E-state index contributed by atoms with van der Waals surface area (Å²) in [6.07, 6.45) is 2.89. The molecule has 0 aliphatic carbocycles. The molecular weight excluding hydrogens is 436 g/mol. The first-order valence-electron chi connectivity index (χ1n) is 10.5.